The van der Waals surface area contributed by atoms with Gasteiger partial charge in [-0.1, -0.05) is 6.07 Å². The van der Waals surface area contributed by atoms with Gasteiger partial charge in [-0.3, -0.25) is 4.90 Å². The molecule has 1 saturated heterocycles. The Morgan fingerprint density at radius 1 is 1.24 bits per heavy atom. The van der Waals surface area contributed by atoms with Crippen LogP contribution in [0, 0.1) is 0 Å². The van der Waals surface area contributed by atoms with E-state index in [0.717, 1.165) is 50.8 Å². The minimum absolute atomic E-state index is 0.922. The van der Waals surface area contributed by atoms with E-state index < -0.39 is 0 Å². The molecule has 1 aliphatic heterocycles. The summed E-state index contributed by atoms with van der Waals surface area (Å²) >= 11 is 0. The molecule has 0 saturated carbocycles. The van der Waals surface area contributed by atoms with Gasteiger partial charge in [0.1, 0.15) is 5.82 Å². The Labute approximate surface area is 104 Å². The molecule has 1 fully saturated rings. The summed E-state index contributed by atoms with van der Waals surface area (Å²) in [6.45, 7) is 8.58. The summed E-state index contributed by atoms with van der Waals surface area (Å²) in [4.78, 5) is 9.45. The molecule has 0 radical (unpaired) electrons. The minimum Gasteiger partial charge on any atom is -0.370 e. The molecule has 1 aliphatic rings. The third kappa shape index (κ3) is 3.68. The van der Waals surface area contributed by atoms with Crippen molar-refractivity contribution in [3.8, 4) is 0 Å². The summed E-state index contributed by atoms with van der Waals surface area (Å²) in [6.07, 6.45) is 0. The maximum Gasteiger partial charge on any atom is 0.126 e. The predicted octanol–water partition coefficient (Wildman–Crippen LogP) is 1.26. The normalized spacial score (nSPS) is 18.2. The number of aromatic nitrogens is 1. The zero-order valence-electron chi connectivity index (χ0n) is 10.8. The van der Waals surface area contributed by atoms with E-state index in [2.05, 4.69) is 46.2 Å². The van der Waals surface area contributed by atoms with E-state index in [-0.39, 0.29) is 0 Å². The van der Waals surface area contributed by atoms with Crippen LogP contribution in [0.25, 0.3) is 0 Å². The first-order chi connectivity index (χ1) is 8.28. The van der Waals surface area contributed by atoms with Crippen LogP contribution in [0.1, 0.15) is 12.6 Å². The average Bonchev–Trinajstić information content (AvgIpc) is 2.33. The van der Waals surface area contributed by atoms with Crippen LogP contribution < -0.4 is 5.32 Å². The summed E-state index contributed by atoms with van der Waals surface area (Å²) < 4.78 is 0. The molecule has 1 N–H and O–H groups in total. The molecule has 4 heteroatoms. The van der Waals surface area contributed by atoms with Gasteiger partial charge in [0, 0.05) is 39.3 Å². The molecule has 0 aromatic carbocycles. The van der Waals surface area contributed by atoms with Crippen molar-refractivity contribution in [2.24, 2.45) is 0 Å². The van der Waals surface area contributed by atoms with Crippen LogP contribution in [0.3, 0.4) is 0 Å². The van der Waals surface area contributed by atoms with Gasteiger partial charge in [0.15, 0.2) is 0 Å². The largest absolute Gasteiger partial charge is 0.370 e. The Morgan fingerprint density at radius 2 is 2.00 bits per heavy atom. The first-order valence-electron chi connectivity index (χ1n) is 6.38. The number of rotatable bonds is 4. The van der Waals surface area contributed by atoms with Gasteiger partial charge in [0.05, 0.1) is 5.69 Å². The zero-order valence-corrected chi connectivity index (χ0v) is 10.8. The van der Waals surface area contributed by atoms with Gasteiger partial charge in [-0.2, -0.15) is 0 Å². The van der Waals surface area contributed by atoms with Crippen LogP contribution in [-0.2, 0) is 6.54 Å². The summed E-state index contributed by atoms with van der Waals surface area (Å²) in [5.74, 6) is 0.985. The number of pyridine rings is 1. The fourth-order valence-corrected chi connectivity index (χ4v) is 2.08. The maximum atomic E-state index is 4.61. The van der Waals surface area contributed by atoms with E-state index in [4.69, 9.17) is 0 Å². The van der Waals surface area contributed by atoms with Gasteiger partial charge >= 0.3 is 0 Å². The van der Waals surface area contributed by atoms with E-state index in [1.165, 1.54) is 0 Å². The third-order valence-electron chi connectivity index (χ3n) is 3.15. The minimum atomic E-state index is 0.922. The summed E-state index contributed by atoms with van der Waals surface area (Å²) in [5, 5.41) is 3.25. The smallest absolute Gasteiger partial charge is 0.126 e. The molecular formula is C13H22N4. The fourth-order valence-electron chi connectivity index (χ4n) is 2.08. The molecular weight excluding hydrogens is 212 g/mol. The molecule has 0 unspecified atom stereocenters. The van der Waals surface area contributed by atoms with Crippen molar-refractivity contribution in [3.63, 3.8) is 0 Å². The SMILES string of the molecule is CCNc1cccc(CN2CCN(C)CC2)n1. The maximum absolute atomic E-state index is 4.61. The van der Waals surface area contributed by atoms with E-state index in [1.807, 2.05) is 6.07 Å². The summed E-state index contributed by atoms with van der Waals surface area (Å²) in [7, 11) is 2.18. The quantitative estimate of drug-likeness (QED) is 0.850. The van der Waals surface area contributed by atoms with Gasteiger partial charge in [-0.15, -0.1) is 0 Å². The molecule has 1 aromatic rings. The first kappa shape index (κ1) is 12.3. The molecule has 1 aromatic heterocycles. The van der Waals surface area contributed by atoms with E-state index in [0.29, 0.717) is 0 Å². The fraction of sp³-hybridized carbons (Fsp3) is 0.615. The van der Waals surface area contributed by atoms with Gasteiger partial charge in [0.25, 0.3) is 0 Å². The lowest BCUT2D eigenvalue weighted by Crippen LogP contribution is -2.44. The molecule has 0 amide bonds. The topological polar surface area (TPSA) is 31.4 Å². The standard InChI is InChI=1S/C13H22N4/c1-3-14-13-6-4-5-12(15-13)11-17-9-7-16(2)8-10-17/h4-6H,3,7-11H2,1-2H3,(H,14,15). The van der Waals surface area contributed by atoms with Gasteiger partial charge in [-0.05, 0) is 26.1 Å². The number of hydrogen-bond donors (Lipinski definition) is 1. The highest BCUT2D eigenvalue weighted by atomic mass is 15.2. The predicted molar refractivity (Wildman–Crippen MR) is 71.2 cm³/mol. The first-order valence-corrected chi connectivity index (χ1v) is 6.38. The average molecular weight is 234 g/mol. The summed E-state index contributed by atoms with van der Waals surface area (Å²) in [6, 6.07) is 6.21. The lowest BCUT2D eigenvalue weighted by molar-refractivity contribution is 0.147. The summed E-state index contributed by atoms with van der Waals surface area (Å²) in [5.41, 5.74) is 1.16. The highest BCUT2D eigenvalue weighted by Crippen LogP contribution is 2.09. The van der Waals surface area contributed by atoms with E-state index in [9.17, 15) is 0 Å². The van der Waals surface area contributed by atoms with Gasteiger partial charge < -0.3 is 10.2 Å². The molecule has 0 spiro atoms. The van der Waals surface area contributed by atoms with Crippen molar-refractivity contribution in [1.82, 2.24) is 14.8 Å². The molecule has 4 nitrogen and oxygen atoms in total. The monoisotopic (exact) mass is 234 g/mol. The Morgan fingerprint density at radius 3 is 2.71 bits per heavy atom. The van der Waals surface area contributed by atoms with Crippen LogP contribution in [0.15, 0.2) is 18.2 Å². The third-order valence-corrected chi connectivity index (χ3v) is 3.15. The van der Waals surface area contributed by atoms with Gasteiger partial charge in [0.2, 0.25) is 0 Å². The van der Waals surface area contributed by atoms with Crippen molar-refractivity contribution in [2.75, 3.05) is 45.1 Å². The van der Waals surface area contributed by atoms with Crippen molar-refractivity contribution >= 4 is 5.82 Å². The molecule has 2 heterocycles. The van der Waals surface area contributed by atoms with Crippen molar-refractivity contribution in [3.05, 3.63) is 23.9 Å². The van der Waals surface area contributed by atoms with Crippen molar-refractivity contribution < 1.29 is 0 Å². The van der Waals surface area contributed by atoms with Crippen molar-refractivity contribution in [1.29, 1.82) is 0 Å². The van der Waals surface area contributed by atoms with Crippen LogP contribution in [-0.4, -0.2) is 54.6 Å². The number of hydrogen-bond acceptors (Lipinski definition) is 4. The van der Waals surface area contributed by atoms with Gasteiger partial charge in [-0.25, -0.2) is 4.98 Å². The second-order valence-corrected chi connectivity index (χ2v) is 4.62. The Hall–Kier alpha value is -1.13. The molecule has 0 atom stereocenters. The number of piperazine rings is 1. The van der Waals surface area contributed by atoms with Crippen LogP contribution in [0.2, 0.25) is 0 Å². The molecule has 0 bridgehead atoms. The zero-order chi connectivity index (χ0) is 12.1. The number of nitrogens with one attached hydrogen (secondary N) is 1. The Balaban J connectivity index is 1.91. The van der Waals surface area contributed by atoms with E-state index >= 15 is 0 Å². The van der Waals surface area contributed by atoms with Crippen LogP contribution in [0.4, 0.5) is 5.82 Å². The second-order valence-electron chi connectivity index (χ2n) is 4.62. The number of anilines is 1. The molecule has 17 heavy (non-hydrogen) atoms. The molecule has 2 rings (SSSR count). The lowest BCUT2D eigenvalue weighted by Gasteiger charge is -2.32. The van der Waals surface area contributed by atoms with E-state index in [1.54, 1.807) is 0 Å². The highest BCUT2D eigenvalue weighted by Gasteiger charge is 2.14. The highest BCUT2D eigenvalue weighted by molar-refractivity contribution is 5.34. The van der Waals surface area contributed by atoms with Crippen LogP contribution >= 0.6 is 0 Å². The molecule has 94 valence electrons. The molecule has 0 aliphatic carbocycles. The van der Waals surface area contributed by atoms with Crippen LogP contribution in [0.5, 0.6) is 0 Å². The Bertz CT molecular complexity index is 345. The Kier molecular flexibility index (Phi) is 4.34. The second kappa shape index (κ2) is 5.98. The van der Waals surface area contributed by atoms with Crippen molar-refractivity contribution in [2.45, 2.75) is 13.5 Å². The number of likely N-dealkylation sites (N-methyl/N-ethyl adjacent to an activating group) is 1. The number of nitrogens with zero attached hydrogens (tertiary/aromatic N) is 3. The lowest BCUT2D eigenvalue weighted by atomic mass is 10.3.